The molecule has 0 spiro atoms. The number of hydrogen-bond donors (Lipinski definition) is 0. The van der Waals surface area contributed by atoms with Crippen LogP contribution in [0.1, 0.15) is 35.6 Å². The second kappa shape index (κ2) is 7.79. The summed E-state index contributed by atoms with van der Waals surface area (Å²) in [6.07, 6.45) is 6.25. The zero-order valence-corrected chi connectivity index (χ0v) is 15.3. The van der Waals surface area contributed by atoms with Crippen LogP contribution >= 0.6 is 0 Å². The van der Waals surface area contributed by atoms with E-state index in [2.05, 4.69) is 65.3 Å². The maximum Gasteiger partial charge on any atom is 0.0705 e. The molecule has 26 heavy (non-hydrogen) atoms. The third-order valence-corrected chi connectivity index (χ3v) is 5.14. The van der Waals surface area contributed by atoms with Gasteiger partial charge in [-0.05, 0) is 56.1 Å². The zero-order chi connectivity index (χ0) is 17.8. The van der Waals surface area contributed by atoms with Gasteiger partial charge < -0.3 is 0 Å². The quantitative estimate of drug-likeness (QED) is 0.679. The Morgan fingerprint density at radius 3 is 2.85 bits per heavy atom. The minimum Gasteiger partial charge on any atom is -0.298 e. The van der Waals surface area contributed by atoms with Gasteiger partial charge in [-0.3, -0.25) is 14.9 Å². The van der Waals surface area contributed by atoms with Crippen molar-refractivity contribution < 1.29 is 0 Å². The van der Waals surface area contributed by atoms with Crippen LogP contribution in [-0.4, -0.2) is 28.0 Å². The van der Waals surface area contributed by atoms with Gasteiger partial charge >= 0.3 is 0 Å². The van der Waals surface area contributed by atoms with E-state index in [0.29, 0.717) is 5.92 Å². The first-order chi connectivity index (χ1) is 12.8. The normalized spacial score (nSPS) is 18.0. The van der Waals surface area contributed by atoms with Crippen molar-refractivity contribution in [2.24, 2.45) is 0 Å². The van der Waals surface area contributed by atoms with Crippen molar-refractivity contribution in [3.63, 3.8) is 0 Å². The molecule has 0 aliphatic carbocycles. The Morgan fingerprint density at radius 2 is 2.00 bits per heavy atom. The highest BCUT2D eigenvalue weighted by Crippen LogP contribution is 2.28. The summed E-state index contributed by atoms with van der Waals surface area (Å²) in [5, 5.41) is 0. The number of likely N-dealkylation sites (tertiary alicyclic amines) is 1. The molecule has 3 nitrogen and oxygen atoms in total. The van der Waals surface area contributed by atoms with E-state index in [1.165, 1.54) is 35.2 Å². The van der Waals surface area contributed by atoms with Crippen LogP contribution in [0.3, 0.4) is 0 Å². The van der Waals surface area contributed by atoms with E-state index in [1.54, 1.807) is 0 Å². The van der Waals surface area contributed by atoms with Crippen LogP contribution < -0.4 is 0 Å². The van der Waals surface area contributed by atoms with Gasteiger partial charge in [0.05, 0.1) is 5.69 Å². The van der Waals surface area contributed by atoms with Crippen LogP contribution in [0.4, 0.5) is 0 Å². The van der Waals surface area contributed by atoms with Crippen LogP contribution in [-0.2, 0) is 6.54 Å². The van der Waals surface area contributed by atoms with Gasteiger partial charge in [0.2, 0.25) is 0 Å². The number of aromatic nitrogens is 2. The number of rotatable bonds is 4. The van der Waals surface area contributed by atoms with E-state index in [0.717, 1.165) is 25.3 Å². The van der Waals surface area contributed by atoms with Gasteiger partial charge in [0.15, 0.2) is 0 Å². The molecule has 0 saturated carbocycles. The summed E-state index contributed by atoms with van der Waals surface area (Å²) in [5.74, 6) is 0.505. The van der Waals surface area contributed by atoms with Gasteiger partial charge in [0, 0.05) is 42.7 Å². The molecule has 3 aromatic rings. The fraction of sp³-hybridized carbons (Fsp3) is 0.304. The number of piperidine rings is 1. The number of hydrogen-bond acceptors (Lipinski definition) is 3. The highest BCUT2D eigenvalue weighted by molar-refractivity contribution is 5.60. The highest BCUT2D eigenvalue weighted by atomic mass is 15.1. The molecule has 1 fully saturated rings. The van der Waals surface area contributed by atoms with E-state index in [1.807, 2.05) is 18.5 Å². The van der Waals surface area contributed by atoms with Crippen molar-refractivity contribution in [2.75, 3.05) is 13.1 Å². The van der Waals surface area contributed by atoms with Gasteiger partial charge in [-0.1, -0.05) is 35.9 Å². The minimum absolute atomic E-state index is 0.505. The van der Waals surface area contributed by atoms with Crippen molar-refractivity contribution >= 4 is 0 Å². The first-order valence-corrected chi connectivity index (χ1v) is 9.43. The lowest BCUT2D eigenvalue weighted by molar-refractivity contribution is 0.198. The summed E-state index contributed by atoms with van der Waals surface area (Å²) in [4.78, 5) is 11.8. The topological polar surface area (TPSA) is 29.0 Å². The molecule has 1 saturated heterocycles. The van der Waals surface area contributed by atoms with E-state index in [4.69, 9.17) is 4.98 Å². The van der Waals surface area contributed by atoms with Crippen molar-refractivity contribution in [3.05, 3.63) is 83.8 Å². The lowest BCUT2D eigenvalue weighted by Gasteiger charge is -2.32. The summed E-state index contributed by atoms with van der Waals surface area (Å²) in [5.41, 5.74) is 6.06. The Kier molecular flexibility index (Phi) is 5.07. The Labute approximate surface area is 155 Å². The summed E-state index contributed by atoms with van der Waals surface area (Å²) in [7, 11) is 0. The van der Waals surface area contributed by atoms with E-state index in [-0.39, 0.29) is 0 Å². The molecule has 1 aliphatic heterocycles. The predicted molar refractivity (Wildman–Crippen MR) is 106 cm³/mol. The van der Waals surface area contributed by atoms with Crippen LogP contribution in [0.25, 0.3) is 11.3 Å². The Bertz CT molecular complexity index is 860. The minimum atomic E-state index is 0.505. The fourth-order valence-electron chi connectivity index (χ4n) is 3.83. The van der Waals surface area contributed by atoms with E-state index >= 15 is 0 Å². The molecule has 3 heteroatoms. The molecule has 0 radical (unpaired) electrons. The van der Waals surface area contributed by atoms with Gasteiger partial charge in [0.25, 0.3) is 0 Å². The molecular weight excluding hydrogens is 318 g/mol. The molecule has 1 aliphatic rings. The lowest BCUT2D eigenvalue weighted by Crippen LogP contribution is -2.34. The van der Waals surface area contributed by atoms with Gasteiger partial charge in [-0.2, -0.15) is 0 Å². The second-order valence-corrected chi connectivity index (χ2v) is 7.25. The fourth-order valence-corrected chi connectivity index (χ4v) is 3.83. The van der Waals surface area contributed by atoms with Gasteiger partial charge in [-0.15, -0.1) is 0 Å². The highest BCUT2D eigenvalue weighted by Gasteiger charge is 2.22. The molecule has 0 amide bonds. The molecule has 132 valence electrons. The second-order valence-electron chi connectivity index (χ2n) is 7.25. The zero-order valence-electron chi connectivity index (χ0n) is 15.3. The Hall–Kier alpha value is -2.52. The average Bonchev–Trinajstić information content (AvgIpc) is 2.69. The molecule has 0 unspecified atom stereocenters. The Balaban J connectivity index is 1.51. The van der Waals surface area contributed by atoms with Gasteiger partial charge in [0.1, 0.15) is 0 Å². The third-order valence-electron chi connectivity index (χ3n) is 5.14. The van der Waals surface area contributed by atoms with E-state index in [9.17, 15) is 0 Å². The maximum absolute atomic E-state index is 5.01. The van der Waals surface area contributed by atoms with Crippen LogP contribution in [0.5, 0.6) is 0 Å². The molecule has 0 N–H and O–H groups in total. The van der Waals surface area contributed by atoms with Crippen molar-refractivity contribution in [1.82, 2.24) is 14.9 Å². The first kappa shape index (κ1) is 16.9. The molecule has 2 aromatic heterocycles. The molecular formula is C23H25N3. The number of aryl methyl sites for hydroxylation is 1. The predicted octanol–water partition coefficient (Wildman–Crippen LogP) is 4.83. The largest absolute Gasteiger partial charge is 0.298 e. The van der Waals surface area contributed by atoms with Gasteiger partial charge in [-0.25, -0.2) is 0 Å². The van der Waals surface area contributed by atoms with E-state index < -0.39 is 0 Å². The monoisotopic (exact) mass is 343 g/mol. The standard InChI is InChI=1S/C23H25N3/c1-18-6-2-8-20(14-18)22-10-3-11-23(25-22)21-9-5-13-26(17-21)16-19-7-4-12-24-15-19/h2-4,6-8,10-12,14-15,21H,5,9,13,16-17H2,1H3/t21-/m0/s1. The molecule has 0 bridgehead atoms. The average molecular weight is 343 g/mol. The maximum atomic E-state index is 5.01. The number of pyridine rings is 2. The van der Waals surface area contributed by atoms with Crippen molar-refractivity contribution in [3.8, 4) is 11.3 Å². The molecule has 1 atom stereocenters. The van der Waals surface area contributed by atoms with Crippen LogP contribution in [0.15, 0.2) is 67.0 Å². The molecule has 3 heterocycles. The first-order valence-electron chi connectivity index (χ1n) is 9.43. The molecule has 1 aromatic carbocycles. The Morgan fingerprint density at radius 1 is 1.08 bits per heavy atom. The third kappa shape index (κ3) is 4.00. The summed E-state index contributed by atoms with van der Waals surface area (Å²) in [6, 6.07) is 19.2. The van der Waals surface area contributed by atoms with Crippen molar-refractivity contribution in [1.29, 1.82) is 0 Å². The SMILES string of the molecule is Cc1cccc(-c2cccc([C@H]3CCCN(Cc4cccnc4)C3)n2)c1. The van der Waals surface area contributed by atoms with Crippen molar-refractivity contribution in [2.45, 2.75) is 32.2 Å². The lowest BCUT2D eigenvalue weighted by atomic mass is 9.93. The summed E-state index contributed by atoms with van der Waals surface area (Å²) < 4.78 is 0. The smallest absolute Gasteiger partial charge is 0.0705 e. The summed E-state index contributed by atoms with van der Waals surface area (Å²) >= 11 is 0. The molecule has 4 rings (SSSR count). The van der Waals surface area contributed by atoms with Crippen LogP contribution in [0, 0.1) is 6.92 Å². The summed E-state index contributed by atoms with van der Waals surface area (Å²) in [6.45, 7) is 5.33. The number of benzene rings is 1. The number of nitrogens with zero attached hydrogens (tertiary/aromatic N) is 3. The van der Waals surface area contributed by atoms with Crippen LogP contribution in [0.2, 0.25) is 0 Å².